The predicted molar refractivity (Wildman–Crippen MR) is 68.1 cm³/mol. The minimum absolute atomic E-state index is 0.572. The lowest BCUT2D eigenvalue weighted by Crippen LogP contribution is -2.31. The van der Waals surface area contributed by atoms with Gasteiger partial charge in [0.1, 0.15) is 0 Å². The van der Waals surface area contributed by atoms with E-state index in [0.717, 1.165) is 19.8 Å². The van der Waals surface area contributed by atoms with Crippen LogP contribution in [0.4, 0.5) is 0 Å². The van der Waals surface area contributed by atoms with Gasteiger partial charge in [0.2, 0.25) is 0 Å². The zero-order valence-electron chi connectivity index (χ0n) is 10.4. The molecule has 0 atom stereocenters. The van der Waals surface area contributed by atoms with Crippen LogP contribution in [0.1, 0.15) is 25.3 Å². The van der Waals surface area contributed by atoms with Gasteiger partial charge in [0, 0.05) is 17.8 Å². The molecule has 1 fully saturated rings. The van der Waals surface area contributed by atoms with E-state index in [2.05, 4.69) is 41.8 Å². The maximum Gasteiger partial charge on any atom is 0.0682 e. The molecule has 0 bridgehead atoms. The third kappa shape index (κ3) is 1.95. The molecule has 1 aromatic heterocycles. The van der Waals surface area contributed by atoms with Crippen molar-refractivity contribution in [2.24, 2.45) is 5.92 Å². The second kappa shape index (κ2) is 4.15. The summed E-state index contributed by atoms with van der Waals surface area (Å²) in [5.74, 6) is 1.21. The van der Waals surface area contributed by atoms with E-state index >= 15 is 0 Å². The fourth-order valence-electron chi connectivity index (χ4n) is 2.24. The Morgan fingerprint density at radius 2 is 2.24 bits per heavy atom. The van der Waals surface area contributed by atoms with Crippen molar-refractivity contribution >= 4 is 10.9 Å². The SMILES string of the molecule is CC(C)c1ccc2c(cnn2CC2COC2)c1. The molecule has 0 amide bonds. The molecule has 2 aromatic rings. The summed E-state index contributed by atoms with van der Waals surface area (Å²) >= 11 is 0. The minimum Gasteiger partial charge on any atom is -0.381 e. The van der Waals surface area contributed by atoms with E-state index < -0.39 is 0 Å². The molecule has 0 spiro atoms. The standard InChI is InChI=1S/C14H18N2O/c1-10(2)12-3-4-14-13(5-12)6-15-16(14)7-11-8-17-9-11/h3-6,10-11H,7-9H2,1-2H3. The number of nitrogens with zero attached hydrogens (tertiary/aromatic N) is 2. The summed E-state index contributed by atoms with van der Waals surface area (Å²) in [7, 11) is 0. The highest BCUT2D eigenvalue weighted by molar-refractivity contribution is 5.79. The molecule has 0 unspecified atom stereocenters. The highest BCUT2D eigenvalue weighted by Crippen LogP contribution is 2.22. The van der Waals surface area contributed by atoms with Crippen LogP contribution >= 0.6 is 0 Å². The third-order valence-corrected chi connectivity index (χ3v) is 3.47. The van der Waals surface area contributed by atoms with Crippen LogP contribution in [0.25, 0.3) is 10.9 Å². The molecule has 0 saturated carbocycles. The molecule has 0 radical (unpaired) electrons. The van der Waals surface area contributed by atoms with E-state index in [9.17, 15) is 0 Å². The van der Waals surface area contributed by atoms with Gasteiger partial charge in [0.25, 0.3) is 0 Å². The summed E-state index contributed by atoms with van der Waals surface area (Å²) in [4.78, 5) is 0. The van der Waals surface area contributed by atoms with Gasteiger partial charge in [0.15, 0.2) is 0 Å². The van der Waals surface area contributed by atoms with Crippen molar-refractivity contribution in [1.29, 1.82) is 0 Å². The molecule has 90 valence electrons. The summed E-state index contributed by atoms with van der Waals surface area (Å²) in [5.41, 5.74) is 2.62. The summed E-state index contributed by atoms with van der Waals surface area (Å²) in [6.45, 7) is 7.18. The second-order valence-electron chi connectivity index (χ2n) is 5.20. The number of aromatic nitrogens is 2. The Labute approximate surface area is 101 Å². The van der Waals surface area contributed by atoms with Crippen molar-refractivity contribution in [3.63, 3.8) is 0 Å². The Morgan fingerprint density at radius 3 is 2.88 bits per heavy atom. The van der Waals surface area contributed by atoms with Gasteiger partial charge in [-0.25, -0.2) is 0 Å². The molecule has 2 heterocycles. The monoisotopic (exact) mass is 230 g/mol. The first kappa shape index (κ1) is 10.8. The molecule has 1 aliphatic heterocycles. The van der Waals surface area contributed by atoms with Crippen LogP contribution in [0, 0.1) is 5.92 Å². The zero-order valence-corrected chi connectivity index (χ0v) is 10.4. The molecule has 1 saturated heterocycles. The van der Waals surface area contributed by atoms with Crippen molar-refractivity contribution in [2.45, 2.75) is 26.3 Å². The maximum atomic E-state index is 5.21. The Morgan fingerprint density at radius 1 is 1.41 bits per heavy atom. The molecule has 3 rings (SSSR count). The first-order valence-electron chi connectivity index (χ1n) is 6.27. The number of benzene rings is 1. The van der Waals surface area contributed by atoms with Gasteiger partial charge in [-0.05, 0) is 23.6 Å². The highest BCUT2D eigenvalue weighted by atomic mass is 16.5. The smallest absolute Gasteiger partial charge is 0.0682 e. The van der Waals surface area contributed by atoms with Gasteiger partial charge in [-0.1, -0.05) is 19.9 Å². The maximum absolute atomic E-state index is 5.21. The number of hydrogen-bond donors (Lipinski definition) is 0. The second-order valence-corrected chi connectivity index (χ2v) is 5.20. The van der Waals surface area contributed by atoms with Crippen molar-refractivity contribution in [3.05, 3.63) is 30.0 Å². The number of hydrogen-bond acceptors (Lipinski definition) is 2. The van der Waals surface area contributed by atoms with Crippen LogP contribution in [-0.4, -0.2) is 23.0 Å². The number of ether oxygens (including phenoxy) is 1. The molecule has 3 nitrogen and oxygen atoms in total. The van der Waals surface area contributed by atoms with Crippen molar-refractivity contribution < 1.29 is 4.74 Å². The van der Waals surface area contributed by atoms with Crippen molar-refractivity contribution in [2.75, 3.05) is 13.2 Å². The normalized spacial score (nSPS) is 16.6. The van der Waals surface area contributed by atoms with Gasteiger partial charge in [0.05, 0.1) is 24.9 Å². The van der Waals surface area contributed by atoms with Gasteiger partial charge >= 0.3 is 0 Å². The Hall–Kier alpha value is -1.35. The van der Waals surface area contributed by atoms with Gasteiger partial charge in [-0.15, -0.1) is 0 Å². The topological polar surface area (TPSA) is 27.1 Å². The van der Waals surface area contributed by atoms with Crippen LogP contribution < -0.4 is 0 Å². The molecule has 0 aliphatic carbocycles. The Kier molecular flexibility index (Phi) is 2.63. The first-order chi connectivity index (χ1) is 8.24. The molecular weight excluding hydrogens is 212 g/mol. The lowest BCUT2D eigenvalue weighted by atomic mass is 10.0. The van der Waals surface area contributed by atoms with Crippen LogP contribution in [0.2, 0.25) is 0 Å². The van der Waals surface area contributed by atoms with Gasteiger partial charge in [-0.2, -0.15) is 5.10 Å². The van der Waals surface area contributed by atoms with Gasteiger partial charge in [-0.3, -0.25) is 4.68 Å². The molecular formula is C14H18N2O. The van der Waals surface area contributed by atoms with Crippen molar-refractivity contribution in [1.82, 2.24) is 9.78 Å². The number of rotatable bonds is 3. The third-order valence-electron chi connectivity index (χ3n) is 3.47. The van der Waals surface area contributed by atoms with E-state index in [1.54, 1.807) is 0 Å². The average molecular weight is 230 g/mol. The molecule has 17 heavy (non-hydrogen) atoms. The van der Waals surface area contributed by atoms with Crippen LogP contribution in [0.15, 0.2) is 24.4 Å². The largest absolute Gasteiger partial charge is 0.381 e. The zero-order chi connectivity index (χ0) is 11.8. The van der Waals surface area contributed by atoms with Crippen LogP contribution in [-0.2, 0) is 11.3 Å². The summed E-state index contributed by atoms with van der Waals surface area (Å²) in [6.07, 6.45) is 1.97. The lowest BCUT2D eigenvalue weighted by Gasteiger charge is -2.25. The van der Waals surface area contributed by atoms with E-state index in [1.807, 2.05) is 6.20 Å². The first-order valence-corrected chi connectivity index (χ1v) is 6.27. The van der Waals surface area contributed by atoms with Crippen molar-refractivity contribution in [3.8, 4) is 0 Å². The fraction of sp³-hybridized carbons (Fsp3) is 0.500. The Balaban J connectivity index is 1.92. The van der Waals surface area contributed by atoms with E-state index in [4.69, 9.17) is 4.74 Å². The average Bonchev–Trinajstić information content (AvgIpc) is 2.65. The quantitative estimate of drug-likeness (QED) is 0.810. The predicted octanol–water partition coefficient (Wildman–Crippen LogP) is 2.81. The summed E-state index contributed by atoms with van der Waals surface area (Å²) in [5, 5.41) is 5.73. The Bertz CT molecular complexity index is 526. The van der Waals surface area contributed by atoms with Crippen LogP contribution in [0.3, 0.4) is 0 Å². The van der Waals surface area contributed by atoms with E-state index in [0.29, 0.717) is 11.8 Å². The fourth-order valence-corrected chi connectivity index (χ4v) is 2.24. The van der Waals surface area contributed by atoms with Crippen LogP contribution in [0.5, 0.6) is 0 Å². The number of fused-ring (bicyclic) bond motifs is 1. The molecule has 3 heteroatoms. The summed E-state index contributed by atoms with van der Waals surface area (Å²) < 4.78 is 7.31. The summed E-state index contributed by atoms with van der Waals surface area (Å²) in [6, 6.07) is 6.65. The van der Waals surface area contributed by atoms with Gasteiger partial charge < -0.3 is 4.74 Å². The van der Waals surface area contributed by atoms with E-state index in [-0.39, 0.29) is 0 Å². The van der Waals surface area contributed by atoms with E-state index in [1.165, 1.54) is 16.5 Å². The lowest BCUT2D eigenvalue weighted by molar-refractivity contribution is -0.0403. The molecule has 1 aliphatic rings. The minimum atomic E-state index is 0.572. The molecule has 1 aromatic carbocycles. The molecule has 0 N–H and O–H groups in total. The highest BCUT2D eigenvalue weighted by Gasteiger charge is 2.19.